The molecule has 0 aliphatic carbocycles. The van der Waals surface area contributed by atoms with E-state index in [9.17, 15) is 20.2 Å². The number of ether oxygens (including phenoxy) is 2. The van der Waals surface area contributed by atoms with Crippen LogP contribution in [0.15, 0.2) is 133 Å². The summed E-state index contributed by atoms with van der Waals surface area (Å²) < 4.78 is 11.9. The van der Waals surface area contributed by atoms with Crippen LogP contribution in [-0.4, -0.2) is 19.8 Å². The van der Waals surface area contributed by atoms with Crippen LogP contribution < -0.4 is 19.4 Å². The number of rotatable bonds is 8. The van der Waals surface area contributed by atoms with Crippen molar-refractivity contribution >= 4 is 57.7 Å². The van der Waals surface area contributed by atoms with Gasteiger partial charge in [0.05, 0.1) is 32.6 Å². The largest absolute Gasteiger partial charge is 2.00 e. The van der Waals surface area contributed by atoms with Gasteiger partial charge in [-0.15, -0.1) is 22.1 Å². The Kier molecular flexibility index (Phi) is 9.81. The molecule has 3 aromatic heterocycles. The van der Waals surface area contributed by atoms with Crippen LogP contribution in [0.5, 0.6) is 23.0 Å². The molecule has 4 aromatic carbocycles. The Morgan fingerprint density at radius 3 is 1.16 bits per heavy atom. The molecule has 0 spiro atoms. The molecule has 8 bridgehead atoms. The number of nitro benzene ring substituents is 2. The third-order valence-corrected chi connectivity index (χ3v) is 9.11. The second-order valence-electron chi connectivity index (χ2n) is 12.8. The van der Waals surface area contributed by atoms with E-state index in [4.69, 9.17) is 29.4 Å². The Balaban J connectivity index is 0.00000455. The van der Waals surface area contributed by atoms with Crippen molar-refractivity contribution in [2.45, 2.75) is 0 Å². The van der Waals surface area contributed by atoms with Crippen LogP contribution in [0.3, 0.4) is 0 Å². The number of non-ortho nitro benzene ring substituents is 2. The second kappa shape index (κ2) is 15.3. The van der Waals surface area contributed by atoms with E-state index in [1.165, 1.54) is 24.3 Å². The molecule has 0 saturated carbocycles. The molecule has 5 heterocycles. The van der Waals surface area contributed by atoms with Crippen LogP contribution >= 0.6 is 0 Å². The molecule has 9 rings (SSSR count). The first-order valence-corrected chi connectivity index (χ1v) is 17.4. The minimum Gasteiger partial charge on any atom is -0.657 e. The first-order chi connectivity index (χ1) is 27.3. The number of hydrogen-bond acceptors (Lipinski definition) is 8. The summed E-state index contributed by atoms with van der Waals surface area (Å²) in [6.07, 6.45) is 7.82. The number of aromatic nitrogens is 4. The van der Waals surface area contributed by atoms with Gasteiger partial charge in [0.1, 0.15) is 23.0 Å². The topological polar surface area (TPSA) is 159 Å². The Morgan fingerprint density at radius 1 is 0.456 bits per heavy atom. The number of hydrogen-bond donors (Lipinski definition) is 0. The number of fused-ring (bicyclic) bond motifs is 8. The van der Waals surface area contributed by atoms with Crippen LogP contribution in [0.2, 0.25) is 0 Å². The summed E-state index contributed by atoms with van der Waals surface area (Å²) in [5, 5.41) is 22.1. The molecule has 0 N–H and O–H groups in total. The van der Waals surface area contributed by atoms with Crippen molar-refractivity contribution in [3.05, 3.63) is 176 Å². The Labute approximate surface area is 336 Å². The van der Waals surface area contributed by atoms with Gasteiger partial charge in [-0.25, -0.2) is 9.97 Å². The fourth-order valence-corrected chi connectivity index (χ4v) is 6.47. The molecule has 0 unspecified atom stereocenters. The molecule has 13 heteroatoms. The van der Waals surface area contributed by atoms with Crippen molar-refractivity contribution < 1.29 is 38.8 Å². The minimum absolute atomic E-state index is 0. The predicted molar refractivity (Wildman–Crippen MR) is 214 cm³/mol. The van der Waals surface area contributed by atoms with Crippen LogP contribution in [0, 0.1) is 20.2 Å². The van der Waals surface area contributed by atoms with Crippen LogP contribution in [-0.2, 0) is 19.5 Å². The summed E-state index contributed by atoms with van der Waals surface area (Å²) in [4.78, 5) is 41.1. The van der Waals surface area contributed by atoms with Crippen molar-refractivity contribution in [2.24, 2.45) is 0 Å². The summed E-state index contributed by atoms with van der Waals surface area (Å²) in [6, 6.07) is 38.7. The zero-order valence-electron chi connectivity index (χ0n) is 29.9. The van der Waals surface area contributed by atoms with Gasteiger partial charge in [-0.1, -0.05) is 60.7 Å². The molecule has 0 radical (unpaired) electrons. The smallest absolute Gasteiger partial charge is 0.657 e. The molecule has 0 saturated heterocycles. The van der Waals surface area contributed by atoms with E-state index in [0.29, 0.717) is 23.0 Å². The van der Waals surface area contributed by atoms with Gasteiger partial charge in [0.2, 0.25) is 0 Å². The minimum atomic E-state index is -0.449. The van der Waals surface area contributed by atoms with Gasteiger partial charge in [0.15, 0.2) is 0 Å². The average molecular weight is 800 g/mol. The van der Waals surface area contributed by atoms with E-state index < -0.39 is 9.85 Å². The third kappa shape index (κ3) is 7.73. The van der Waals surface area contributed by atoms with Gasteiger partial charge in [-0.3, -0.25) is 20.2 Å². The molecule has 0 fully saturated rings. The molecule has 0 amide bonds. The Hall–Kier alpha value is -7.50. The number of nitro groups is 2. The van der Waals surface area contributed by atoms with Gasteiger partial charge in [0.25, 0.3) is 11.4 Å². The van der Waals surface area contributed by atoms with Gasteiger partial charge < -0.3 is 19.4 Å². The van der Waals surface area contributed by atoms with Crippen molar-refractivity contribution in [3.8, 4) is 45.3 Å². The maximum absolute atomic E-state index is 11.0. The van der Waals surface area contributed by atoms with Crippen molar-refractivity contribution in [2.75, 3.05) is 0 Å². The molecule has 2 aliphatic rings. The first kappa shape index (κ1) is 36.5. The maximum Gasteiger partial charge on any atom is 2.00 e. The van der Waals surface area contributed by atoms with Gasteiger partial charge in [-0.05, 0) is 95.1 Å². The average Bonchev–Trinajstić information content (AvgIpc) is 4.04. The normalized spacial score (nSPS) is 11.5. The standard InChI is InChI=1S/C44H26N6O6.Zn/c51-49(52)33-9-17-37(18-10-33)55-35-13-1-27(2-14-35)43-39-21-5-29(45-39)25-31-7-23-41(47-31)44(42-24-8-32(48-42)26-30-6-22-40(43)46-30)28-3-15-36(16-4-28)56-38-19-11-34(12-20-38)50(53)54;/h1-26H;/q-2;+2. The van der Waals surface area contributed by atoms with E-state index in [1.54, 1.807) is 24.3 Å². The molecule has 270 valence electrons. The fraction of sp³-hybridized carbons (Fsp3) is 0. The van der Waals surface area contributed by atoms with Crippen molar-refractivity contribution in [1.29, 1.82) is 0 Å². The van der Waals surface area contributed by atoms with Crippen LogP contribution in [0.4, 0.5) is 11.4 Å². The van der Waals surface area contributed by atoms with E-state index >= 15 is 0 Å². The molecular formula is C44H26N6O6Zn. The monoisotopic (exact) mass is 798 g/mol. The van der Waals surface area contributed by atoms with E-state index in [-0.39, 0.29) is 30.9 Å². The zero-order valence-corrected chi connectivity index (χ0v) is 32.8. The number of benzene rings is 4. The van der Waals surface area contributed by atoms with Crippen molar-refractivity contribution in [1.82, 2.24) is 19.9 Å². The summed E-state index contributed by atoms with van der Waals surface area (Å²) >= 11 is 0. The molecule has 12 nitrogen and oxygen atoms in total. The molecular weight excluding hydrogens is 774 g/mol. The summed E-state index contributed by atoms with van der Waals surface area (Å²) in [5.41, 5.74) is 9.28. The molecule has 7 aromatic rings. The fourth-order valence-electron chi connectivity index (χ4n) is 6.47. The van der Waals surface area contributed by atoms with Gasteiger partial charge in [-0.2, -0.15) is 0 Å². The van der Waals surface area contributed by atoms with Crippen molar-refractivity contribution in [3.63, 3.8) is 0 Å². The van der Waals surface area contributed by atoms with E-state index in [0.717, 1.165) is 67.1 Å². The summed E-state index contributed by atoms with van der Waals surface area (Å²) in [6.45, 7) is 0. The maximum atomic E-state index is 11.0. The van der Waals surface area contributed by atoms with E-state index in [1.807, 2.05) is 109 Å². The quantitative estimate of drug-likeness (QED) is 0.0822. The Bertz CT molecular complexity index is 2700. The van der Waals surface area contributed by atoms with Gasteiger partial charge in [0, 0.05) is 24.3 Å². The molecule has 0 atom stereocenters. The summed E-state index contributed by atoms with van der Waals surface area (Å²) in [7, 11) is 0. The van der Waals surface area contributed by atoms with Gasteiger partial charge >= 0.3 is 19.5 Å². The molecule has 57 heavy (non-hydrogen) atoms. The third-order valence-electron chi connectivity index (χ3n) is 9.11. The molecule has 2 aliphatic heterocycles. The zero-order chi connectivity index (χ0) is 38.2. The first-order valence-electron chi connectivity index (χ1n) is 17.4. The van der Waals surface area contributed by atoms with E-state index in [2.05, 4.69) is 0 Å². The SMILES string of the molecule is O=[N+]([O-])c1ccc(Oc2ccc(-c3c4nc(cc5ccc([n-]5)c(-c5ccc(Oc6ccc([N+](=O)[O-])cc6)cc5)c5nc(cc6ccc3[n-]6)C=C5)C=C4)cc2)cc1.[Zn+2]. The second-order valence-corrected chi connectivity index (χ2v) is 12.8. The Morgan fingerprint density at radius 2 is 0.807 bits per heavy atom. The van der Waals surface area contributed by atoms with Crippen LogP contribution in [0.25, 0.3) is 68.6 Å². The van der Waals surface area contributed by atoms with Crippen LogP contribution in [0.1, 0.15) is 22.8 Å². The number of nitrogens with zero attached hydrogens (tertiary/aromatic N) is 6. The predicted octanol–water partition coefficient (Wildman–Crippen LogP) is 10.6. The summed E-state index contributed by atoms with van der Waals surface area (Å²) in [5.74, 6) is 2.12.